The number of urea groups is 1. The van der Waals surface area contributed by atoms with Gasteiger partial charge in [0.2, 0.25) is 0 Å². The zero-order valence-electron chi connectivity index (χ0n) is 11.7. The van der Waals surface area contributed by atoms with Crippen molar-refractivity contribution in [3.8, 4) is 0 Å². The average Bonchev–Trinajstić information content (AvgIpc) is 2.46. The van der Waals surface area contributed by atoms with Crippen LogP contribution in [0, 0.1) is 5.92 Å². The van der Waals surface area contributed by atoms with E-state index in [2.05, 4.69) is 24.5 Å². The molecule has 0 aliphatic carbocycles. The topological polar surface area (TPSA) is 61.4 Å². The van der Waals surface area contributed by atoms with E-state index < -0.39 is 0 Å². The first-order valence-electron chi connectivity index (χ1n) is 6.91. The SMILES string of the molecule is CCC(CC)CNC(=O)NC(CO)c1ccccc1. The molecule has 0 aliphatic rings. The molecule has 0 bridgehead atoms. The monoisotopic (exact) mass is 264 g/mol. The first kappa shape index (κ1) is 15.5. The van der Waals surface area contributed by atoms with E-state index in [9.17, 15) is 9.90 Å². The minimum atomic E-state index is -0.358. The van der Waals surface area contributed by atoms with Crippen LogP contribution >= 0.6 is 0 Å². The summed E-state index contributed by atoms with van der Waals surface area (Å²) in [6.45, 7) is 4.80. The molecule has 1 unspecified atom stereocenters. The van der Waals surface area contributed by atoms with Crippen LogP contribution < -0.4 is 10.6 Å². The molecule has 106 valence electrons. The number of rotatable bonds is 7. The van der Waals surface area contributed by atoms with Crippen molar-refractivity contribution >= 4 is 6.03 Å². The predicted molar refractivity (Wildman–Crippen MR) is 76.9 cm³/mol. The third kappa shape index (κ3) is 5.30. The molecule has 0 saturated heterocycles. The van der Waals surface area contributed by atoms with E-state index in [1.807, 2.05) is 30.3 Å². The largest absolute Gasteiger partial charge is 0.394 e. The highest BCUT2D eigenvalue weighted by molar-refractivity contribution is 5.74. The average molecular weight is 264 g/mol. The lowest BCUT2D eigenvalue weighted by molar-refractivity contribution is 0.215. The van der Waals surface area contributed by atoms with E-state index in [0.29, 0.717) is 12.5 Å². The van der Waals surface area contributed by atoms with Gasteiger partial charge in [0.05, 0.1) is 12.6 Å². The number of aliphatic hydroxyl groups is 1. The van der Waals surface area contributed by atoms with E-state index in [1.54, 1.807) is 0 Å². The highest BCUT2D eigenvalue weighted by Crippen LogP contribution is 2.11. The maximum Gasteiger partial charge on any atom is 0.315 e. The van der Waals surface area contributed by atoms with Gasteiger partial charge in [-0.2, -0.15) is 0 Å². The summed E-state index contributed by atoms with van der Waals surface area (Å²) in [7, 11) is 0. The molecule has 4 nitrogen and oxygen atoms in total. The van der Waals surface area contributed by atoms with Crippen molar-refractivity contribution in [2.45, 2.75) is 32.7 Å². The standard InChI is InChI=1S/C15H24N2O2/c1-3-12(4-2)10-16-15(19)17-14(11-18)13-8-6-5-7-9-13/h5-9,12,14,18H,3-4,10-11H2,1-2H3,(H2,16,17,19). The molecule has 1 atom stereocenters. The molecule has 0 heterocycles. The Morgan fingerprint density at radius 2 is 1.84 bits per heavy atom. The van der Waals surface area contributed by atoms with E-state index in [-0.39, 0.29) is 18.7 Å². The molecular formula is C15H24N2O2. The molecule has 1 rings (SSSR count). The highest BCUT2D eigenvalue weighted by atomic mass is 16.3. The molecule has 3 N–H and O–H groups in total. The van der Waals surface area contributed by atoms with E-state index in [1.165, 1.54) is 0 Å². The Kier molecular flexibility index (Phi) is 6.97. The van der Waals surface area contributed by atoms with E-state index in [4.69, 9.17) is 0 Å². The number of hydrogen-bond donors (Lipinski definition) is 3. The predicted octanol–water partition coefficient (Wildman–Crippen LogP) is 2.46. The summed E-state index contributed by atoms with van der Waals surface area (Å²) in [5, 5.41) is 15.0. The molecule has 2 amide bonds. The van der Waals surface area contributed by atoms with Gasteiger partial charge < -0.3 is 15.7 Å². The lowest BCUT2D eigenvalue weighted by atomic mass is 10.0. The van der Waals surface area contributed by atoms with Crippen LogP contribution in [-0.2, 0) is 0 Å². The zero-order valence-corrected chi connectivity index (χ0v) is 11.7. The van der Waals surface area contributed by atoms with Crippen molar-refractivity contribution < 1.29 is 9.90 Å². The van der Waals surface area contributed by atoms with Crippen molar-refractivity contribution in [2.24, 2.45) is 5.92 Å². The second kappa shape index (κ2) is 8.53. The first-order valence-corrected chi connectivity index (χ1v) is 6.91. The Labute approximate surface area is 115 Å². The number of hydrogen-bond acceptors (Lipinski definition) is 2. The molecule has 1 aromatic carbocycles. The van der Waals surface area contributed by atoms with Crippen LogP contribution in [0.25, 0.3) is 0 Å². The summed E-state index contributed by atoms with van der Waals surface area (Å²) in [4.78, 5) is 11.8. The highest BCUT2D eigenvalue weighted by Gasteiger charge is 2.13. The molecule has 0 fully saturated rings. The minimum Gasteiger partial charge on any atom is -0.394 e. The van der Waals surface area contributed by atoms with Crippen LogP contribution in [-0.4, -0.2) is 24.3 Å². The van der Waals surface area contributed by atoms with Gasteiger partial charge in [-0.15, -0.1) is 0 Å². The van der Waals surface area contributed by atoms with Crippen LogP contribution in [0.3, 0.4) is 0 Å². The minimum absolute atomic E-state index is 0.109. The summed E-state index contributed by atoms with van der Waals surface area (Å²) in [5.74, 6) is 0.509. The Morgan fingerprint density at radius 3 is 2.37 bits per heavy atom. The van der Waals surface area contributed by atoms with Gasteiger partial charge in [-0.1, -0.05) is 57.0 Å². The van der Waals surface area contributed by atoms with Crippen LogP contribution in [0.2, 0.25) is 0 Å². The van der Waals surface area contributed by atoms with E-state index in [0.717, 1.165) is 18.4 Å². The van der Waals surface area contributed by atoms with Gasteiger partial charge in [0.25, 0.3) is 0 Å². The Bertz CT molecular complexity index is 364. The summed E-state index contributed by atoms with van der Waals surface area (Å²) >= 11 is 0. The van der Waals surface area contributed by atoms with Gasteiger partial charge in [-0.3, -0.25) is 0 Å². The van der Waals surface area contributed by atoms with E-state index >= 15 is 0 Å². The third-order valence-corrected chi connectivity index (χ3v) is 3.40. The fourth-order valence-corrected chi connectivity index (χ4v) is 1.94. The fourth-order valence-electron chi connectivity index (χ4n) is 1.94. The summed E-state index contributed by atoms with van der Waals surface area (Å²) < 4.78 is 0. The van der Waals surface area contributed by atoms with Gasteiger partial charge in [0.1, 0.15) is 0 Å². The van der Waals surface area contributed by atoms with Crippen molar-refractivity contribution in [1.29, 1.82) is 0 Å². The summed E-state index contributed by atoms with van der Waals surface area (Å²) in [6.07, 6.45) is 2.11. The second-order valence-electron chi connectivity index (χ2n) is 4.68. The molecule has 0 radical (unpaired) electrons. The number of nitrogens with one attached hydrogen (secondary N) is 2. The number of carbonyl (C=O) groups is 1. The van der Waals surface area contributed by atoms with Crippen LogP contribution in [0.5, 0.6) is 0 Å². The van der Waals surface area contributed by atoms with Crippen LogP contribution in [0.4, 0.5) is 4.79 Å². The van der Waals surface area contributed by atoms with Crippen LogP contribution in [0.15, 0.2) is 30.3 Å². The first-order chi connectivity index (χ1) is 9.21. The molecule has 19 heavy (non-hydrogen) atoms. The van der Waals surface area contributed by atoms with Crippen LogP contribution in [0.1, 0.15) is 38.3 Å². The third-order valence-electron chi connectivity index (χ3n) is 3.40. The lowest BCUT2D eigenvalue weighted by Gasteiger charge is -2.19. The van der Waals surface area contributed by atoms with Crippen molar-refractivity contribution in [3.63, 3.8) is 0 Å². The normalized spacial score (nSPS) is 12.2. The lowest BCUT2D eigenvalue weighted by Crippen LogP contribution is -2.41. The van der Waals surface area contributed by atoms with Gasteiger partial charge in [-0.25, -0.2) is 4.79 Å². The van der Waals surface area contributed by atoms with Gasteiger partial charge >= 0.3 is 6.03 Å². The molecule has 0 spiro atoms. The number of carbonyl (C=O) groups excluding carboxylic acids is 1. The summed E-state index contributed by atoms with van der Waals surface area (Å²) in [6, 6.07) is 8.89. The maximum atomic E-state index is 11.8. The second-order valence-corrected chi connectivity index (χ2v) is 4.68. The molecular weight excluding hydrogens is 240 g/mol. The molecule has 0 aromatic heterocycles. The van der Waals surface area contributed by atoms with Crippen molar-refractivity contribution in [2.75, 3.05) is 13.2 Å². The van der Waals surface area contributed by atoms with Gasteiger partial charge in [-0.05, 0) is 11.5 Å². The number of amides is 2. The molecule has 0 saturated carbocycles. The Hall–Kier alpha value is -1.55. The quantitative estimate of drug-likeness (QED) is 0.708. The summed E-state index contributed by atoms with van der Waals surface area (Å²) in [5.41, 5.74) is 0.905. The zero-order chi connectivity index (χ0) is 14.1. The Balaban J connectivity index is 2.46. The number of aliphatic hydroxyl groups excluding tert-OH is 1. The van der Waals surface area contributed by atoms with Gasteiger partial charge in [0, 0.05) is 6.54 Å². The molecule has 1 aromatic rings. The fraction of sp³-hybridized carbons (Fsp3) is 0.533. The molecule has 0 aliphatic heterocycles. The van der Waals surface area contributed by atoms with Gasteiger partial charge in [0.15, 0.2) is 0 Å². The smallest absolute Gasteiger partial charge is 0.315 e. The maximum absolute atomic E-state index is 11.8. The molecule has 4 heteroatoms. The Morgan fingerprint density at radius 1 is 1.21 bits per heavy atom. The number of benzene rings is 1. The van der Waals surface area contributed by atoms with Crippen molar-refractivity contribution in [3.05, 3.63) is 35.9 Å². The van der Waals surface area contributed by atoms with Crippen molar-refractivity contribution in [1.82, 2.24) is 10.6 Å².